The zero-order chi connectivity index (χ0) is 21.3. The van der Waals surface area contributed by atoms with E-state index in [2.05, 4.69) is 10.2 Å². The van der Waals surface area contributed by atoms with Crippen LogP contribution in [0.4, 0.5) is 11.4 Å². The Labute approximate surface area is 176 Å². The van der Waals surface area contributed by atoms with Crippen molar-refractivity contribution in [3.63, 3.8) is 0 Å². The van der Waals surface area contributed by atoms with Crippen LogP contribution in [0.25, 0.3) is 0 Å². The number of rotatable bonds is 7. The first-order chi connectivity index (χ1) is 14.6. The number of esters is 1. The van der Waals surface area contributed by atoms with Gasteiger partial charge in [0, 0.05) is 30.5 Å². The van der Waals surface area contributed by atoms with Crippen molar-refractivity contribution >= 4 is 23.3 Å². The molecule has 2 aromatic rings. The first kappa shape index (κ1) is 21.5. The third kappa shape index (κ3) is 5.89. The molecule has 0 radical (unpaired) electrons. The zero-order valence-corrected chi connectivity index (χ0v) is 17.5. The number of benzene rings is 2. The van der Waals surface area contributed by atoms with Crippen LogP contribution in [0.5, 0.6) is 11.5 Å². The predicted octanol–water partition coefficient (Wildman–Crippen LogP) is 3.88. The van der Waals surface area contributed by atoms with Crippen LogP contribution in [0.1, 0.15) is 36.0 Å². The third-order valence-electron chi connectivity index (χ3n) is 5.04. The maximum atomic E-state index is 12.3. The molecule has 0 bridgehead atoms. The summed E-state index contributed by atoms with van der Waals surface area (Å²) in [7, 11) is 2.99. The minimum absolute atomic E-state index is 0.251. The minimum atomic E-state index is -0.626. The summed E-state index contributed by atoms with van der Waals surface area (Å²) < 4.78 is 15.4. The maximum Gasteiger partial charge on any atom is 0.338 e. The summed E-state index contributed by atoms with van der Waals surface area (Å²) in [6.07, 6.45) is 4.99. The van der Waals surface area contributed by atoms with E-state index in [9.17, 15) is 9.59 Å². The van der Waals surface area contributed by atoms with Gasteiger partial charge in [0.2, 0.25) is 0 Å². The highest BCUT2D eigenvalue weighted by Crippen LogP contribution is 2.23. The van der Waals surface area contributed by atoms with Crippen molar-refractivity contribution in [2.45, 2.75) is 25.7 Å². The molecule has 0 atom stereocenters. The molecule has 0 aliphatic carbocycles. The molecule has 0 spiro atoms. The van der Waals surface area contributed by atoms with Gasteiger partial charge in [-0.1, -0.05) is 12.8 Å². The van der Waals surface area contributed by atoms with E-state index < -0.39 is 11.9 Å². The van der Waals surface area contributed by atoms with Gasteiger partial charge in [0.1, 0.15) is 11.5 Å². The lowest BCUT2D eigenvalue weighted by molar-refractivity contribution is -0.119. The fourth-order valence-corrected chi connectivity index (χ4v) is 3.42. The molecule has 1 N–H and O–H groups in total. The molecule has 1 amide bonds. The van der Waals surface area contributed by atoms with Crippen molar-refractivity contribution in [3.8, 4) is 11.5 Å². The number of ether oxygens (including phenoxy) is 3. The van der Waals surface area contributed by atoms with Crippen LogP contribution in [0, 0.1) is 0 Å². The third-order valence-corrected chi connectivity index (χ3v) is 5.04. The standard InChI is InChI=1S/C23H28N2O5/c1-28-20-13-17(14-21(15-20)29-2)23(27)30-16-22(26)24-18-7-9-19(10-8-18)25-11-5-3-4-6-12-25/h7-10,13-15H,3-6,11-12,16H2,1-2H3,(H,24,26). The van der Waals surface area contributed by atoms with Gasteiger partial charge in [0.25, 0.3) is 5.91 Å². The Balaban J connectivity index is 1.52. The Morgan fingerprint density at radius 3 is 2.07 bits per heavy atom. The first-order valence-electron chi connectivity index (χ1n) is 10.1. The largest absolute Gasteiger partial charge is 0.497 e. The average Bonchev–Trinajstić information content (AvgIpc) is 3.07. The van der Waals surface area contributed by atoms with Crippen molar-refractivity contribution in [2.75, 3.05) is 44.1 Å². The smallest absolute Gasteiger partial charge is 0.338 e. The van der Waals surface area contributed by atoms with Gasteiger partial charge in [-0.25, -0.2) is 4.79 Å². The van der Waals surface area contributed by atoms with E-state index in [0.717, 1.165) is 18.8 Å². The Kier molecular flexibility index (Phi) is 7.54. The van der Waals surface area contributed by atoms with Gasteiger partial charge >= 0.3 is 5.97 Å². The lowest BCUT2D eigenvalue weighted by atomic mass is 10.2. The number of anilines is 2. The van der Waals surface area contributed by atoms with E-state index in [0.29, 0.717) is 17.2 Å². The van der Waals surface area contributed by atoms with E-state index in [1.54, 1.807) is 6.07 Å². The predicted molar refractivity (Wildman–Crippen MR) is 116 cm³/mol. The van der Waals surface area contributed by atoms with E-state index in [4.69, 9.17) is 14.2 Å². The molecule has 7 nitrogen and oxygen atoms in total. The molecule has 7 heteroatoms. The summed E-state index contributed by atoms with van der Waals surface area (Å²) in [5.41, 5.74) is 2.08. The van der Waals surface area contributed by atoms with Gasteiger partial charge in [-0.05, 0) is 49.2 Å². The maximum absolute atomic E-state index is 12.3. The summed E-state index contributed by atoms with van der Waals surface area (Å²) in [6, 6.07) is 12.5. The van der Waals surface area contributed by atoms with Gasteiger partial charge in [0.05, 0.1) is 19.8 Å². The number of carbonyl (C=O) groups is 2. The molecular weight excluding hydrogens is 384 g/mol. The number of nitrogens with one attached hydrogen (secondary N) is 1. The highest BCUT2D eigenvalue weighted by Gasteiger charge is 2.14. The number of carbonyl (C=O) groups excluding carboxylic acids is 2. The SMILES string of the molecule is COc1cc(OC)cc(C(=O)OCC(=O)Nc2ccc(N3CCCCCC3)cc2)c1. The average molecular weight is 412 g/mol. The number of methoxy groups -OCH3 is 2. The van der Waals surface area contributed by atoms with Gasteiger partial charge in [-0.15, -0.1) is 0 Å². The van der Waals surface area contributed by atoms with Crippen LogP contribution in [-0.2, 0) is 9.53 Å². The Bertz CT molecular complexity index is 836. The topological polar surface area (TPSA) is 77.1 Å². The second-order valence-corrected chi connectivity index (χ2v) is 7.17. The van der Waals surface area contributed by atoms with Crippen LogP contribution in [0.2, 0.25) is 0 Å². The number of amides is 1. The monoisotopic (exact) mass is 412 g/mol. The van der Waals surface area contributed by atoms with Crippen molar-refractivity contribution in [2.24, 2.45) is 0 Å². The summed E-state index contributed by atoms with van der Waals surface area (Å²) in [4.78, 5) is 26.8. The Hall–Kier alpha value is -3.22. The second kappa shape index (κ2) is 10.5. The molecule has 0 saturated carbocycles. The van der Waals surface area contributed by atoms with E-state index in [1.165, 1.54) is 52.0 Å². The van der Waals surface area contributed by atoms with Gasteiger partial charge in [-0.3, -0.25) is 4.79 Å². The van der Waals surface area contributed by atoms with Crippen LogP contribution >= 0.6 is 0 Å². The van der Waals surface area contributed by atoms with Gasteiger partial charge in [-0.2, -0.15) is 0 Å². The molecular formula is C23H28N2O5. The fraction of sp³-hybridized carbons (Fsp3) is 0.391. The van der Waals surface area contributed by atoms with Crippen molar-refractivity contribution < 1.29 is 23.8 Å². The van der Waals surface area contributed by atoms with Crippen molar-refractivity contribution in [1.29, 1.82) is 0 Å². The van der Waals surface area contributed by atoms with Gasteiger partial charge in [0.15, 0.2) is 6.61 Å². The first-order valence-corrected chi connectivity index (χ1v) is 10.1. The number of nitrogens with zero attached hydrogens (tertiary/aromatic N) is 1. The van der Waals surface area contributed by atoms with Crippen LogP contribution in [-0.4, -0.2) is 45.8 Å². The lowest BCUT2D eigenvalue weighted by Gasteiger charge is -2.22. The zero-order valence-electron chi connectivity index (χ0n) is 17.5. The fourth-order valence-electron chi connectivity index (χ4n) is 3.42. The molecule has 160 valence electrons. The molecule has 1 aliphatic rings. The van der Waals surface area contributed by atoms with Crippen LogP contribution < -0.4 is 19.7 Å². The second-order valence-electron chi connectivity index (χ2n) is 7.17. The molecule has 30 heavy (non-hydrogen) atoms. The Morgan fingerprint density at radius 1 is 0.900 bits per heavy atom. The molecule has 2 aromatic carbocycles. The molecule has 1 fully saturated rings. The minimum Gasteiger partial charge on any atom is -0.497 e. The quantitative estimate of drug-likeness (QED) is 0.696. The number of hydrogen-bond donors (Lipinski definition) is 1. The van der Waals surface area contributed by atoms with E-state index in [-0.39, 0.29) is 12.2 Å². The molecule has 1 heterocycles. The van der Waals surface area contributed by atoms with E-state index >= 15 is 0 Å². The molecule has 1 aliphatic heterocycles. The summed E-state index contributed by atoms with van der Waals surface area (Å²) >= 11 is 0. The van der Waals surface area contributed by atoms with Crippen molar-refractivity contribution in [3.05, 3.63) is 48.0 Å². The molecule has 0 unspecified atom stereocenters. The highest BCUT2D eigenvalue weighted by molar-refractivity contribution is 5.96. The Morgan fingerprint density at radius 2 is 1.50 bits per heavy atom. The van der Waals surface area contributed by atoms with E-state index in [1.807, 2.05) is 24.3 Å². The lowest BCUT2D eigenvalue weighted by Crippen LogP contribution is -2.24. The van der Waals surface area contributed by atoms with Crippen molar-refractivity contribution in [1.82, 2.24) is 0 Å². The molecule has 1 saturated heterocycles. The van der Waals surface area contributed by atoms with Crippen LogP contribution in [0.15, 0.2) is 42.5 Å². The molecule has 3 rings (SSSR count). The summed E-state index contributed by atoms with van der Waals surface area (Å²) in [5.74, 6) is -0.0925. The highest BCUT2D eigenvalue weighted by atomic mass is 16.5. The van der Waals surface area contributed by atoms with Crippen LogP contribution in [0.3, 0.4) is 0 Å². The summed E-state index contributed by atoms with van der Waals surface area (Å²) in [6.45, 7) is 1.75. The normalized spacial score (nSPS) is 13.9. The summed E-state index contributed by atoms with van der Waals surface area (Å²) in [5, 5.41) is 2.75. The molecule has 0 aromatic heterocycles. The number of hydrogen-bond acceptors (Lipinski definition) is 6. The van der Waals surface area contributed by atoms with Gasteiger partial charge < -0.3 is 24.4 Å².